The largest absolute Gasteiger partial charge is 0.497 e. The lowest BCUT2D eigenvalue weighted by Crippen LogP contribution is -2.09. The number of nitrogens with zero attached hydrogens (tertiary/aromatic N) is 2. The molecule has 0 saturated heterocycles. The van der Waals surface area contributed by atoms with Gasteiger partial charge in [-0.25, -0.2) is 0 Å². The van der Waals surface area contributed by atoms with Crippen LogP contribution in [0.4, 0.5) is 6.01 Å². The summed E-state index contributed by atoms with van der Waals surface area (Å²) in [6.45, 7) is 1.73. The Balaban J connectivity index is 2.33. The van der Waals surface area contributed by atoms with Crippen LogP contribution < -0.4 is 14.8 Å². The van der Waals surface area contributed by atoms with E-state index in [0.29, 0.717) is 23.5 Å². The molecule has 106 valence electrons. The summed E-state index contributed by atoms with van der Waals surface area (Å²) in [6, 6.07) is 5.27. The van der Waals surface area contributed by atoms with E-state index >= 15 is 0 Å². The molecule has 0 aliphatic heterocycles. The van der Waals surface area contributed by atoms with Crippen molar-refractivity contribution < 1.29 is 18.7 Å². The van der Waals surface area contributed by atoms with E-state index in [4.69, 9.17) is 13.9 Å². The standard InChI is InChI=1S/C13H15N3O4/c1-4-11(17)14-13-16-15-12(20-13)9-7-8(18-2)5-6-10(9)19-3/h5-7H,4H2,1-3H3,(H,14,16,17). The maximum absolute atomic E-state index is 11.3. The van der Waals surface area contributed by atoms with Gasteiger partial charge in [0.1, 0.15) is 11.5 Å². The zero-order valence-corrected chi connectivity index (χ0v) is 11.5. The number of hydrogen-bond donors (Lipinski definition) is 1. The van der Waals surface area contributed by atoms with Crippen LogP contribution in [0.25, 0.3) is 11.5 Å². The highest BCUT2D eigenvalue weighted by Crippen LogP contribution is 2.33. The number of nitrogens with one attached hydrogen (secondary N) is 1. The number of amides is 1. The maximum Gasteiger partial charge on any atom is 0.322 e. The highest BCUT2D eigenvalue weighted by atomic mass is 16.5. The number of ether oxygens (including phenoxy) is 2. The third kappa shape index (κ3) is 2.87. The van der Waals surface area contributed by atoms with Crippen molar-refractivity contribution in [1.82, 2.24) is 10.2 Å². The fourth-order valence-corrected chi connectivity index (χ4v) is 1.57. The van der Waals surface area contributed by atoms with Crippen LogP contribution in [-0.4, -0.2) is 30.3 Å². The van der Waals surface area contributed by atoms with E-state index in [0.717, 1.165) is 0 Å². The van der Waals surface area contributed by atoms with Gasteiger partial charge in [0, 0.05) is 6.42 Å². The van der Waals surface area contributed by atoms with Gasteiger partial charge in [-0.2, -0.15) is 0 Å². The van der Waals surface area contributed by atoms with E-state index in [1.54, 1.807) is 39.3 Å². The molecule has 0 fully saturated rings. The van der Waals surface area contributed by atoms with Gasteiger partial charge in [-0.1, -0.05) is 12.0 Å². The molecule has 1 aromatic carbocycles. The highest BCUT2D eigenvalue weighted by molar-refractivity contribution is 5.88. The Morgan fingerprint density at radius 2 is 2.10 bits per heavy atom. The fourth-order valence-electron chi connectivity index (χ4n) is 1.57. The molecule has 1 heterocycles. The molecule has 0 spiro atoms. The van der Waals surface area contributed by atoms with E-state index in [-0.39, 0.29) is 17.8 Å². The van der Waals surface area contributed by atoms with E-state index in [9.17, 15) is 4.79 Å². The minimum atomic E-state index is -0.196. The monoisotopic (exact) mass is 277 g/mol. The van der Waals surface area contributed by atoms with Crippen LogP contribution in [-0.2, 0) is 4.79 Å². The average Bonchev–Trinajstić information content (AvgIpc) is 2.94. The minimum absolute atomic E-state index is 0.0525. The second-order valence-electron chi connectivity index (χ2n) is 3.88. The Bertz CT molecular complexity index is 609. The summed E-state index contributed by atoms with van der Waals surface area (Å²) in [7, 11) is 3.10. The Hall–Kier alpha value is -2.57. The average molecular weight is 277 g/mol. The quantitative estimate of drug-likeness (QED) is 0.900. The van der Waals surface area contributed by atoms with Gasteiger partial charge in [0.25, 0.3) is 5.89 Å². The molecule has 0 bridgehead atoms. The van der Waals surface area contributed by atoms with Crippen LogP contribution in [0, 0.1) is 0 Å². The molecular weight excluding hydrogens is 262 g/mol. The van der Waals surface area contributed by atoms with Crippen molar-refractivity contribution in [3.8, 4) is 23.0 Å². The summed E-state index contributed by atoms with van der Waals surface area (Å²) in [6.07, 6.45) is 0.334. The van der Waals surface area contributed by atoms with Gasteiger partial charge < -0.3 is 13.9 Å². The Morgan fingerprint density at radius 3 is 2.75 bits per heavy atom. The molecule has 7 heteroatoms. The molecule has 7 nitrogen and oxygen atoms in total. The molecule has 0 aliphatic rings. The molecule has 2 rings (SSSR count). The maximum atomic E-state index is 11.3. The van der Waals surface area contributed by atoms with E-state index in [1.165, 1.54) is 0 Å². The first-order valence-electron chi connectivity index (χ1n) is 6.03. The first-order chi connectivity index (χ1) is 9.67. The lowest BCUT2D eigenvalue weighted by molar-refractivity contribution is -0.116. The van der Waals surface area contributed by atoms with Crippen LogP contribution in [0.5, 0.6) is 11.5 Å². The van der Waals surface area contributed by atoms with Gasteiger partial charge in [0.05, 0.1) is 19.8 Å². The zero-order valence-electron chi connectivity index (χ0n) is 11.5. The number of aromatic nitrogens is 2. The molecule has 1 amide bonds. The molecule has 0 aliphatic carbocycles. The van der Waals surface area contributed by atoms with E-state index < -0.39 is 0 Å². The molecule has 20 heavy (non-hydrogen) atoms. The van der Waals surface area contributed by atoms with Crippen molar-refractivity contribution in [2.45, 2.75) is 13.3 Å². The molecule has 0 radical (unpaired) electrons. The second-order valence-corrected chi connectivity index (χ2v) is 3.88. The summed E-state index contributed by atoms with van der Waals surface area (Å²) in [5.41, 5.74) is 0.594. The molecular formula is C13H15N3O4. The SMILES string of the molecule is CCC(=O)Nc1nnc(-c2cc(OC)ccc2OC)o1. The Morgan fingerprint density at radius 1 is 1.30 bits per heavy atom. The predicted octanol–water partition coefficient (Wildman–Crippen LogP) is 2.10. The third-order valence-electron chi connectivity index (χ3n) is 2.63. The normalized spacial score (nSPS) is 10.2. The number of benzene rings is 1. The van der Waals surface area contributed by atoms with Crippen LogP contribution in [0.2, 0.25) is 0 Å². The zero-order chi connectivity index (χ0) is 14.5. The van der Waals surface area contributed by atoms with E-state index in [2.05, 4.69) is 15.5 Å². The summed E-state index contributed by atoms with van der Waals surface area (Å²) in [5.74, 6) is 1.26. The lowest BCUT2D eigenvalue weighted by atomic mass is 10.2. The van der Waals surface area contributed by atoms with Crippen molar-refractivity contribution in [3.05, 3.63) is 18.2 Å². The van der Waals surface area contributed by atoms with Gasteiger partial charge in [0.2, 0.25) is 5.91 Å². The summed E-state index contributed by atoms with van der Waals surface area (Å²) in [4.78, 5) is 11.3. The molecule has 0 saturated carbocycles. The summed E-state index contributed by atoms with van der Waals surface area (Å²) < 4.78 is 15.8. The number of methoxy groups -OCH3 is 2. The number of anilines is 1. The van der Waals surface area contributed by atoms with E-state index in [1.807, 2.05) is 0 Å². The topological polar surface area (TPSA) is 86.5 Å². The first kappa shape index (κ1) is 13.9. The number of carbonyl (C=O) groups excluding carboxylic acids is 1. The number of carbonyl (C=O) groups is 1. The molecule has 0 unspecified atom stereocenters. The van der Waals surface area contributed by atoms with Crippen molar-refractivity contribution >= 4 is 11.9 Å². The van der Waals surface area contributed by atoms with Gasteiger partial charge in [-0.05, 0) is 18.2 Å². The Kier molecular flexibility index (Phi) is 4.19. The van der Waals surface area contributed by atoms with Crippen molar-refractivity contribution in [2.24, 2.45) is 0 Å². The van der Waals surface area contributed by atoms with Crippen LogP contribution in [0.3, 0.4) is 0 Å². The van der Waals surface area contributed by atoms with Gasteiger partial charge in [-0.15, -0.1) is 5.10 Å². The van der Waals surface area contributed by atoms with Gasteiger partial charge in [0.15, 0.2) is 0 Å². The highest BCUT2D eigenvalue weighted by Gasteiger charge is 2.15. The first-order valence-corrected chi connectivity index (χ1v) is 6.03. The summed E-state index contributed by atoms with van der Waals surface area (Å²) >= 11 is 0. The van der Waals surface area contributed by atoms with Crippen LogP contribution in [0.1, 0.15) is 13.3 Å². The lowest BCUT2D eigenvalue weighted by Gasteiger charge is -2.07. The molecule has 0 atom stereocenters. The van der Waals surface area contributed by atoms with Gasteiger partial charge in [-0.3, -0.25) is 10.1 Å². The smallest absolute Gasteiger partial charge is 0.322 e. The molecule has 1 aromatic heterocycles. The number of hydrogen-bond acceptors (Lipinski definition) is 6. The molecule has 2 aromatic rings. The van der Waals surface area contributed by atoms with Crippen LogP contribution in [0.15, 0.2) is 22.6 Å². The minimum Gasteiger partial charge on any atom is -0.497 e. The Labute approximate surface area is 115 Å². The van der Waals surface area contributed by atoms with Crippen molar-refractivity contribution in [2.75, 3.05) is 19.5 Å². The third-order valence-corrected chi connectivity index (χ3v) is 2.63. The van der Waals surface area contributed by atoms with Crippen LogP contribution >= 0.6 is 0 Å². The molecule has 1 N–H and O–H groups in total. The second kappa shape index (κ2) is 6.05. The number of rotatable bonds is 5. The summed E-state index contributed by atoms with van der Waals surface area (Å²) in [5, 5.41) is 10.2. The van der Waals surface area contributed by atoms with Crippen molar-refractivity contribution in [1.29, 1.82) is 0 Å². The predicted molar refractivity (Wildman–Crippen MR) is 71.8 cm³/mol. The van der Waals surface area contributed by atoms with Crippen molar-refractivity contribution in [3.63, 3.8) is 0 Å². The fraction of sp³-hybridized carbons (Fsp3) is 0.308. The van der Waals surface area contributed by atoms with Gasteiger partial charge >= 0.3 is 6.01 Å².